The molecule has 1 saturated carbocycles. The van der Waals surface area contributed by atoms with Gasteiger partial charge in [-0.3, -0.25) is 9.59 Å². The summed E-state index contributed by atoms with van der Waals surface area (Å²) in [6, 6.07) is 7.27. The molecule has 1 aliphatic heterocycles. The lowest BCUT2D eigenvalue weighted by Crippen LogP contribution is -2.63. The first-order valence-corrected chi connectivity index (χ1v) is 8.54. The molecule has 4 atom stereocenters. The van der Waals surface area contributed by atoms with E-state index >= 15 is 0 Å². The van der Waals surface area contributed by atoms with Crippen LogP contribution in [-0.2, 0) is 20.8 Å². The highest BCUT2D eigenvalue weighted by Gasteiger charge is 2.54. The molecule has 0 unspecified atom stereocenters. The number of fused-ring (bicyclic) bond motifs is 2. The van der Waals surface area contributed by atoms with Gasteiger partial charge in [0.25, 0.3) is 5.56 Å². The first-order valence-electron chi connectivity index (χ1n) is 8.54. The van der Waals surface area contributed by atoms with E-state index < -0.39 is 0 Å². The predicted molar refractivity (Wildman–Crippen MR) is 91.1 cm³/mol. The van der Waals surface area contributed by atoms with E-state index in [0.29, 0.717) is 17.9 Å². The maximum atomic E-state index is 12.5. The van der Waals surface area contributed by atoms with Crippen LogP contribution in [0.5, 0.6) is 0 Å². The molecule has 1 aromatic carbocycles. The van der Waals surface area contributed by atoms with Crippen molar-refractivity contribution in [1.29, 1.82) is 0 Å². The van der Waals surface area contributed by atoms with Crippen molar-refractivity contribution in [3.8, 4) is 0 Å². The van der Waals surface area contributed by atoms with Crippen molar-refractivity contribution in [2.75, 3.05) is 20.3 Å². The Kier molecular flexibility index (Phi) is 4.27. The second-order valence-corrected chi connectivity index (χ2v) is 6.70. The van der Waals surface area contributed by atoms with E-state index in [2.05, 4.69) is 10.4 Å². The van der Waals surface area contributed by atoms with Crippen LogP contribution < -0.4 is 10.9 Å². The van der Waals surface area contributed by atoms with Gasteiger partial charge in [-0.05, 0) is 12.5 Å². The Balaban J connectivity index is 1.47. The van der Waals surface area contributed by atoms with Crippen LogP contribution in [-0.4, -0.2) is 48.2 Å². The standard InChI is InChI=1S/C18H21N3O4/c1-24-10-14-16(13-6-7-25-17(13)14)20-15(22)9-21-18(23)12-5-3-2-4-11(12)8-19-21/h2-5,8,13-14,16-17H,6-7,9-10H2,1H3,(H,20,22)/t13-,14+,16-,17-/m1/s1. The van der Waals surface area contributed by atoms with Crippen molar-refractivity contribution in [1.82, 2.24) is 15.1 Å². The Hall–Kier alpha value is -2.25. The van der Waals surface area contributed by atoms with Gasteiger partial charge in [-0.2, -0.15) is 5.10 Å². The summed E-state index contributed by atoms with van der Waals surface area (Å²) in [5, 5.41) is 8.50. The van der Waals surface area contributed by atoms with Crippen LogP contribution in [0.3, 0.4) is 0 Å². The Labute approximate surface area is 144 Å². The minimum absolute atomic E-state index is 0.0381. The Morgan fingerprint density at radius 2 is 2.28 bits per heavy atom. The molecular weight excluding hydrogens is 322 g/mol. The number of hydrogen-bond acceptors (Lipinski definition) is 5. The minimum Gasteiger partial charge on any atom is -0.384 e. The summed E-state index contributed by atoms with van der Waals surface area (Å²) >= 11 is 0. The number of rotatable bonds is 5. The smallest absolute Gasteiger partial charge is 0.275 e. The fourth-order valence-corrected chi connectivity index (χ4v) is 4.04. The highest BCUT2D eigenvalue weighted by atomic mass is 16.5. The third-order valence-corrected chi connectivity index (χ3v) is 5.27. The molecule has 7 heteroatoms. The van der Waals surface area contributed by atoms with Crippen LogP contribution in [0.25, 0.3) is 10.8 Å². The van der Waals surface area contributed by atoms with E-state index in [1.807, 2.05) is 12.1 Å². The lowest BCUT2D eigenvalue weighted by Gasteiger charge is -2.47. The second-order valence-electron chi connectivity index (χ2n) is 6.70. The van der Waals surface area contributed by atoms with Crippen LogP contribution in [0.15, 0.2) is 35.3 Å². The summed E-state index contributed by atoms with van der Waals surface area (Å²) in [6.45, 7) is 1.20. The topological polar surface area (TPSA) is 82.5 Å². The van der Waals surface area contributed by atoms with Crippen molar-refractivity contribution >= 4 is 16.7 Å². The molecule has 4 rings (SSSR count). The van der Waals surface area contributed by atoms with Crippen molar-refractivity contribution in [3.63, 3.8) is 0 Å². The molecule has 1 amide bonds. The monoisotopic (exact) mass is 343 g/mol. The number of aromatic nitrogens is 2. The van der Waals surface area contributed by atoms with Crippen molar-refractivity contribution in [3.05, 3.63) is 40.8 Å². The van der Waals surface area contributed by atoms with Crippen LogP contribution >= 0.6 is 0 Å². The number of amides is 1. The van der Waals surface area contributed by atoms with Crippen LogP contribution in [0, 0.1) is 11.8 Å². The molecule has 0 bridgehead atoms. The summed E-state index contributed by atoms with van der Waals surface area (Å²) in [4.78, 5) is 24.9. The molecular formula is C18H21N3O4. The number of carbonyl (C=O) groups excluding carboxylic acids is 1. The molecule has 2 heterocycles. The van der Waals surface area contributed by atoms with Crippen LogP contribution in [0.4, 0.5) is 0 Å². The Morgan fingerprint density at radius 3 is 3.12 bits per heavy atom. The fourth-order valence-electron chi connectivity index (χ4n) is 4.04. The van der Waals surface area contributed by atoms with Crippen molar-refractivity contribution in [2.45, 2.75) is 25.1 Å². The van der Waals surface area contributed by atoms with Gasteiger partial charge < -0.3 is 14.8 Å². The number of ether oxygens (including phenoxy) is 2. The second kappa shape index (κ2) is 6.57. The summed E-state index contributed by atoms with van der Waals surface area (Å²) in [6.07, 6.45) is 2.73. The van der Waals surface area contributed by atoms with Gasteiger partial charge in [-0.1, -0.05) is 18.2 Å². The zero-order valence-electron chi connectivity index (χ0n) is 14.1. The van der Waals surface area contributed by atoms with Gasteiger partial charge >= 0.3 is 0 Å². The molecule has 7 nitrogen and oxygen atoms in total. The average molecular weight is 343 g/mol. The molecule has 2 aromatic rings. The normalized spacial score (nSPS) is 27.7. The largest absolute Gasteiger partial charge is 0.384 e. The number of hydrogen-bond donors (Lipinski definition) is 1. The average Bonchev–Trinajstić information content (AvgIpc) is 3.05. The fraction of sp³-hybridized carbons (Fsp3) is 0.500. The molecule has 132 valence electrons. The minimum atomic E-state index is -0.252. The first kappa shape index (κ1) is 16.2. The van der Waals surface area contributed by atoms with Gasteiger partial charge in [-0.15, -0.1) is 0 Å². The van der Waals surface area contributed by atoms with Gasteiger partial charge in [0.05, 0.1) is 24.3 Å². The molecule has 0 spiro atoms. The zero-order valence-corrected chi connectivity index (χ0v) is 14.1. The molecule has 1 N–H and O–H groups in total. The SMILES string of the molecule is COC[C@H]1[C@H](NC(=O)Cn2ncc3ccccc3c2=O)[C@H]2CCO[C@H]21. The zero-order chi connectivity index (χ0) is 17.4. The Bertz CT molecular complexity index is 850. The highest BCUT2D eigenvalue weighted by Crippen LogP contribution is 2.43. The van der Waals surface area contributed by atoms with Gasteiger partial charge in [0.15, 0.2) is 0 Å². The van der Waals surface area contributed by atoms with E-state index in [-0.39, 0.29) is 36.1 Å². The van der Waals surface area contributed by atoms with Gasteiger partial charge in [0, 0.05) is 37.0 Å². The molecule has 0 radical (unpaired) electrons. The predicted octanol–water partition coefficient (Wildman–Crippen LogP) is 0.563. The maximum absolute atomic E-state index is 12.5. The molecule has 2 aliphatic rings. The number of nitrogens with one attached hydrogen (secondary N) is 1. The highest BCUT2D eigenvalue weighted by molar-refractivity contribution is 5.81. The third kappa shape index (κ3) is 2.83. The van der Waals surface area contributed by atoms with E-state index in [1.165, 1.54) is 4.68 Å². The van der Waals surface area contributed by atoms with Gasteiger partial charge in [0.2, 0.25) is 5.91 Å². The van der Waals surface area contributed by atoms with E-state index in [4.69, 9.17) is 9.47 Å². The number of methoxy groups -OCH3 is 1. The van der Waals surface area contributed by atoms with Crippen molar-refractivity contribution in [2.24, 2.45) is 11.8 Å². The maximum Gasteiger partial charge on any atom is 0.275 e. The first-order chi connectivity index (χ1) is 12.2. The number of nitrogens with zero attached hydrogens (tertiary/aromatic N) is 2. The third-order valence-electron chi connectivity index (χ3n) is 5.27. The molecule has 1 saturated heterocycles. The molecule has 1 aliphatic carbocycles. The summed E-state index contributed by atoms with van der Waals surface area (Å²) in [5.41, 5.74) is -0.252. The van der Waals surface area contributed by atoms with E-state index in [9.17, 15) is 9.59 Å². The number of carbonyl (C=O) groups is 1. The van der Waals surface area contributed by atoms with E-state index in [0.717, 1.165) is 18.4 Å². The lowest BCUT2D eigenvalue weighted by atomic mass is 9.67. The molecule has 1 aromatic heterocycles. The Morgan fingerprint density at radius 1 is 1.44 bits per heavy atom. The van der Waals surface area contributed by atoms with Crippen LogP contribution in [0.1, 0.15) is 6.42 Å². The molecule has 2 fully saturated rings. The number of benzene rings is 1. The summed E-state index contributed by atoms with van der Waals surface area (Å²) < 4.78 is 12.2. The quantitative estimate of drug-likeness (QED) is 0.858. The summed E-state index contributed by atoms with van der Waals surface area (Å²) in [5.74, 6) is 0.300. The van der Waals surface area contributed by atoms with Crippen molar-refractivity contribution < 1.29 is 14.3 Å². The lowest BCUT2D eigenvalue weighted by molar-refractivity contribution is -0.130. The van der Waals surface area contributed by atoms with E-state index in [1.54, 1.807) is 25.4 Å². The van der Waals surface area contributed by atoms with Crippen LogP contribution in [0.2, 0.25) is 0 Å². The summed E-state index contributed by atoms with van der Waals surface area (Å²) in [7, 11) is 1.65. The van der Waals surface area contributed by atoms with Gasteiger partial charge in [-0.25, -0.2) is 4.68 Å². The molecule has 25 heavy (non-hydrogen) atoms. The van der Waals surface area contributed by atoms with Gasteiger partial charge in [0.1, 0.15) is 6.54 Å².